The average molecular weight is 408 g/mol. The van der Waals surface area contributed by atoms with Gasteiger partial charge in [-0.3, -0.25) is 5.32 Å². The van der Waals surface area contributed by atoms with E-state index < -0.39 is 5.66 Å². The number of nitrogens with zero attached hydrogens (tertiary/aromatic N) is 2. The second kappa shape index (κ2) is 7.43. The molecule has 0 unspecified atom stereocenters. The molecule has 1 aliphatic heterocycles. The van der Waals surface area contributed by atoms with Gasteiger partial charge in [-0.05, 0) is 50.8 Å². The van der Waals surface area contributed by atoms with Crippen LogP contribution in [0.25, 0.3) is 0 Å². The van der Waals surface area contributed by atoms with Crippen molar-refractivity contribution >= 4 is 39.5 Å². The summed E-state index contributed by atoms with van der Waals surface area (Å²) in [7, 11) is 0. The second-order valence-electron chi connectivity index (χ2n) is 6.20. The van der Waals surface area contributed by atoms with E-state index >= 15 is 0 Å². The minimum atomic E-state index is -0.466. The first-order valence-electron chi connectivity index (χ1n) is 8.47. The van der Waals surface area contributed by atoms with Crippen LogP contribution in [0, 0.1) is 0 Å². The maximum atomic E-state index is 12.0. The largest absolute Gasteiger partial charge is 0.462 e. The number of hydrogen-bond donors (Lipinski definition) is 3. The third kappa shape index (κ3) is 4.31. The van der Waals surface area contributed by atoms with E-state index in [0.717, 1.165) is 30.2 Å². The number of guanidine groups is 2. The molecular formula is C17H22BrN5O2. The molecule has 1 spiro atoms. The summed E-state index contributed by atoms with van der Waals surface area (Å²) < 4.78 is 5.83. The van der Waals surface area contributed by atoms with Crippen molar-refractivity contribution < 1.29 is 9.53 Å². The summed E-state index contributed by atoms with van der Waals surface area (Å²) in [6, 6.07) is 5.31. The summed E-state index contributed by atoms with van der Waals surface area (Å²) in [6.07, 6.45) is 5.19. The molecule has 25 heavy (non-hydrogen) atoms. The molecule has 1 aliphatic carbocycles. The number of esters is 1. The van der Waals surface area contributed by atoms with Crippen LogP contribution in [0.4, 0.5) is 5.69 Å². The number of aliphatic imine (C=N–C) groups is 2. The number of nitrogens with two attached hydrogens (primary N) is 1. The lowest BCUT2D eigenvalue weighted by atomic mass is 9.90. The van der Waals surface area contributed by atoms with Gasteiger partial charge in [0.1, 0.15) is 0 Å². The van der Waals surface area contributed by atoms with E-state index in [1.54, 1.807) is 19.1 Å². The van der Waals surface area contributed by atoms with Gasteiger partial charge in [-0.15, -0.1) is 0 Å². The summed E-state index contributed by atoms with van der Waals surface area (Å²) in [5, 5.41) is 6.17. The van der Waals surface area contributed by atoms with Gasteiger partial charge >= 0.3 is 5.97 Å². The summed E-state index contributed by atoms with van der Waals surface area (Å²) in [5.41, 5.74) is 6.67. The van der Waals surface area contributed by atoms with Gasteiger partial charge in [0.05, 0.1) is 12.2 Å². The topological polar surface area (TPSA) is 101 Å². The van der Waals surface area contributed by atoms with Crippen molar-refractivity contribution in [3.8, 4) is 0 Å². The van der Waals surface area contributed by atoms with Crippen molar-refractivity contribution in [3.05, 3.63) is 28.2 Å². The predicted octanol–water partition coefficient (Wildman–Crippen LogP) is 2.97. The van der Waals surface area contributed by atoms with Crippen molar-refractivity contribution in [2.45, 2.75) is 44.7 Å². The van der Waals surface area contributed by atoms with Crippen LogP contribution in [-0.4, -0.2) is 30.2 Å². The lowest BCUT2D eigenvalue weighted by Crippen LogP contribution is -2.49. The van der Waals surface area contributed by atoms with Crippen LogP contribution in [0.15, 0.2) is 32.7 Å². The summed E-state index contributed by atoms with van der Waals surface area (Å²) in [4.78, 5) is 21.3. The standard InChI is InChI=1S/C17H22BrN5O2/c1-2-25-14(24)11-8-12(18)10-13(9-11)20-16-21-15(19)22-17(23-16)6-4-3-5-7-17/h8-10H,2-7H2,1H3,(H4,19,20,21,22,23). The highest BCUT2D eigenvalue weighted by atomic mass is 79.9. The van der Waals surface area contributed by atoms with Gasteiger partial charge in [0, 0.05) is 10.2 Å². The first kappa shape index (κ1) is 17.7. The summed E-state index contributed by atoms with van der Waals surface area (Å²) in [5.74, 6) is 0.539. The van der Waals surface area contributed by atoms with Gasteiger partial charge in [-0.2, -0.15) is 0 Å². The molecule has 1 aromatic carbocycles. The number of benzene rings is 1. The molecule has 1 fully saturated rings. The maximum Gasteiger partial charge on any atom is 0.338 e. The molecule has 8 heteroatoms. The highest BCUT2D eigenvalue weighted by molar-refractivity contribution is 9.10. The zero-order chi connectivity index (χ0) is 17.9. The Labute approximate surface area is 155 Å². The molecule has 0 atom stereocenters. The number of anilines is 1. The van der Waals surface area contributed by atoms with Gasteiger partial charge in [-0.25, -0.2) is 14.8 Å². The minimum absolute atomic E-state index is 0.331. The number of hydrogen-bond acceptors (Lipinski definition) is 7. The van der Waals surface area contributed by atoms with Crippen molar-refractivity contribution in [3.63, 3.8) is 0 Å². The molecule has 1 heterocycles. The van der Waals surface area contributed by atoms with Gasteiger partial charge < -0.3 is 15.8 Å². The molecule has 2 aliphatic rings. The van der Waals surface area contributed by atoms with E-state index in [-0.39, 0.29) is 5.97 Å². The fourth-order valence-electron chi connectivity index (χ4n) is 3.17. The lowest BCUT2D eigenvalue weighted by molar-refractivity contribution is 0.0526. The van der Waals surface area contributed by atoms with Crippen LogP contribution < -0.4 is 16.4 Å². The van der Waals surface area contributed by atoms with Crippen molar-refractivity contribution in [2.24, 2.45) is 15.7 Å². The normalized spacial score (nSPS) is 18.8. The number of nitrogens with one attached hydrogen (secondary N) is 2. The van der Waals surface area contributed by atoms with E-state index in [1.807, 2.05) is 6.07 Å². The first-order valence-corrected chi connectivity index (χ1v) is 9.26. The maximum absolute atomic E-state index is 12.0. The molecule has 1 saturated carbocycles. The molecule has 7 nitrogen and oxygen atoms in total. The third-order valence-corrected chi connectivity index (χ3v) is 4.68. The fourth-order valence-corrected chi connectivity index (χ4v) is 3.66. The van der Waals surface area contributed by atoms with Crippen molar-refractivity contribution in [2.75, 3.05) is 11.9 Å². The molecule has 4 N–H and O–H groups in total. The van der Waals surface area contributed by atoms with E-state index in [1.165, 1.54) is 6.42 Å². The Morgan fingerprint density at radius 1 is 1.32 bits per heavy atom. The number of ether oxygens (including phenoxy) is 1. The Balaban J connectivity index is 1.83. The first-order chi connectivity index (χ1) is 12.0. The van der Waals surface area contributed by atoms with E-state index in [0.29, 0.717) is 29.8 Å². The average Bonchev–Trinajstić information content (AvgIpc) is 2.54. The zero-order valence-corrected chi connectivity index (χ0v) is 15.7. The number of halogens is 1. The van der Waals surface area contributed by atoms with Crippen LogP contribution >= 0.6 is 15.9 Å². The number of carbonyl (C=O) groups excluding carboxylic acids is 1. The highest BCUT2D eigenvalue weighted by Gasteiger charge is 2.34. The molecular weight excluding hydrogens is 386 g/mol. The van der Waals surface area contributed by atoms with E-state index in [9.17, 15) is 4.79 Å². The van der Waals surface area contributed by atoms with Gasteiger partial charge in [0.2, 0.25) is 5.96 Å². The van der Waals surface area contributed by atoms with Crippen LogP contribution in [-0.2, 0) is 4.74 Å². The Bertz CT molecular complexity index is 726. The summed E-state index contributed by atoms with van der Waals surface area (Å²) in [6.45, 7) is 2.11. The van der Waals surface area contributed by atoms with Gasteiger partial charge in [0.15, 0.2) is 11.6 Å². The smallest absolute Gasteiger partial charge is 0.338 e. The van der Waals surface area contributed by atoms with Gasteiger partial charge in [0.25, 0.3) is 0 Å². The molecule has 0 radical (unpaired) electrons. The quantitative estimate of drug-likeness (QED) is 0.668. The van der Waals surface area contributed by atoms with Crippen molar-refractivity contribution in [1.29, 1.82) is 0 Å². The van der Waals surface area contributed by atoms with Gasteiger partial charge in [-0.1, -0.05) is 22.4 Å². The molecule has 0 aromatic heterocycles. The molecule has 0 saturated heterocycles. The number of rotatable bonds is 3. The van der Waals surface area contributed by atoms with Crippen LogP contribution in [0.2, 0.25) is 0 Å². The zero-order valence-electron chi connectivity index (χ0n) is 14.1. The monoisotopic (exact) mass is 407 g/mol. The van der Waals surface area contributed by atoms with E-state index in [2.05, 4.69) is 31.6 Å². The minimum Gasteiger partial charge on any atom is -0.462 e. The predicted molar refractivity (Wildman–Crippen MR) is 102 cm³/mol. The SMILES string of the molecule is CCOC(=O)c1cc(Br)cc(NC2=NC3(CCCCC3)N=C(N)N2)c1. The van der Waals surface area contributed by atoms with Crippen molar-refractivity contribution in [1.82, 2.24) is 5.32 Å². The molecule has 0 bridgehead atoms. The number of carbonyl (C=O) groups is 1. The molecule has 134 valence electrons. The third-order valence-electron chi connectivity index (χ3n) is 4.22. The lowest BCUT2D eigenvalue weighted by Gasteiger charge is -2.34. The summed E-state index contributed by atoms with van der Waals surface area (Å²) >= 11 is 3.42. The Kier molecular flexibility index (Phi) is 5.27. The van der Waals surface area contributed by atoms with E-state index in [4.69, 9.17) is 15.5 Å². The molecule has 3 rings (SSSR count). The highest BCUT2D eigenvalue weighted by Crippen LogP contribution is 2.34. The Morgan fingerprint density at radius 3 is 2.80 bits per heavy atom. The van der Waals surface area contributed by atoms with Crippen LogP contribution in [0.1, 0.15) is 49.4 Å². The second-order valence-corrected chi connectivity index (χ2v) is 7.12. The van der Waals surface area contributed by atoms with Crippen LogP contribution in [0.3, 0.4) is 0 Å². The molecule has 1 aromatic rings. The van der Waals surface area contributed by atoms with Crippen LogP contribution in [0.5, 0.6) is 0 Å². The Hall–Kier alpha value is -2.09. The fraction of sp³-hybridized carbons (Fsp3) is 0.471. The molecule has 0 amide bonds. The Morgan fingerprint density at radius 2 is 2.08 bits per heavy atom.